The van der Waals surface area contributed by atoms with Crippen LogP contribution in [0.3, 0.4) is 0 Å². The van der Waals surface area contributed by atoms with Gasteiger partial charge in [0.15, 0.2) is 11.5 Å². The molecule has 0 saturated carbocycles. The number of hydrazone groups is 1. The fraction of sp³-hybridized carbons (Fsp3) is 0.316. The van der Waals surface area contributed by atoms with Gasteiger partial charge in [0, 0.05) is 15.4 Å². The van der Waals surface area contributed by atoms with Crippen LogP contribution >= 0.6 is 43.2 Å². The van der Waals surface area contributed by atoms with Gasteiger partial charge in [0.05, 0.1) is 36.0 Å². The van der Waals surface area contributed by atoms with Crippen LogP contribution in [-0.2, 0) is 16.0 Å². The monoisotopic (exact) mass is 545 g/mol. The van der Waals surface area contributed by atoms with Gasteiger partial charge in [0.1, 0.15) is 6.61 Å². The number of halogens is 2. The number of anilines is 1. The predicted octanol–water partition coefficient (Wildman–Crippen LogP) is 5.18. The average molecular weight is 547 g/mol. The molecule has 2 rings (SSSR count). The highest BCUT2D eigenvalue weighted by Crippen LogP contribution is 2.42. The Labute approximate surface area is 190 Å². The Balaban J connectivity index is 2.13. The van der Waals surface area contributed by atoms with Crippen molar-refractivity contribution in [1.29, 1.82) is 0 Å². The molecular formula is C19H21Br2N3O4S. The summed E-state index contributed by atoms with van der Waals surface area (Å²) in [5, 5.41) is 6.60. The molecule has 1 aromatic carbocycles. The highest BCUT2D eigenvalue weighted by atomic mass is 79.9. The van der Waals surface area contributed by atoms with E-state index >= 15 is 0 Å². The zero-order valence-electron chi connectivity index (χ0n) is 16.0. The van der Waals surface area contributed by atoms with Gasteiger partial charge in [-0.3, -0.25) is 10.2 Å². The van der Waals surface area contributed by atoms with E-state index in [2.05, 4.69) is 54.0 Å². The molecule has 0 spiro atoms. The van der Waals surface area contributed by atoms with Crippen molar-refractivity contribution in [2.75, 3.05) is 25.2 Å². The molecule has 0 aliphatic heterocycles. The maximum atomic E-state index is 11.5. The molecule has 1 aromatic heterocycles. The third-order valence-corrected chi connectivity index (χ3v) is 6.29. The molecule has 7 nitrogen and oxygen atoms in total. The normalized spacial score (nSPS) is 10.8. The van der Waals surface area contributed by atoms with E-state index in [1.54, 1.807) is 24.6 Å². The van der Waals surface area contributed by atoms with E-state index in [-0.39, 0.29) is 12.4 Å². The molecule has 10 heteroatoms. The van der Waals surface area contributed by atoms with E-state index < -0.39 is 0 Å². The van der Waals surface area contributed by atoms with Crippen molar-refractivity contribution in [1.82, 2.24) is 4.98 Å². The lowest BCUT2D eigenvalue weighted by Gasteiger charge is -2.15. The first-order valence-electron chi connectivity index (χ1n) is 8.77. The topological polar surface area (TPSA) is 82.0 Å². The number of esters is 1. The zero-order chi connectivity index (χ0) is 21.2. The maximum Gasteiger partial charge on any atom is 0.311 e. The van der Waals surface area contributed by atoms with Crippen molar-refractivity contribution in [3.05, 3.63) is 44.3 Å². The molecule has 1 N–H and O–H groups in total. The van der Waals surface area contributed by atoms with Gasteiger partial charge in [-0.2, -0.15) is 5.10 Å². The number of rotatable bonds is 11. The van der Waals surface area contributed by atoms with Gasteiger partial charge in [-0.25, -0.2) is 4.98 Å². The second kappa shape index (κ2) is 11.9. The third-order valence-electron chi connectivity index (χ3n) is 3.35. The summed E-state index contributed by atoms with van der Waals surface area (Å²) in [6, 6.07) is 1.83. The molecule has 2 aromatic rings. The van der Waals surface area contributed by atoms with Crippen LogP contribution in [0.5, 0.6) is 11.5 Å². The summed E-state index contributed by atoms with van der Waals surface area (Å²) >= 11 is 8.44. The smallest absolute Gasteiger partial charge is 0.311 e. The Kier molecular flexibility index (Phi) is 9.62. The predicted molar refractivity (Wildman–Crippen MR) is 122 cm³/mol. The van der Waals surface area contributed by atoms with Crippen molar-refractivity contribution < 1.29 is 19.0 Å². The first-order valence-corrected chi connectivity index (χ1v) is 11.2. The molecular weight excluding hydrogens is 526 g/mol. The largest absolute Gasteiger partial charge is 0.490 e. The van der Waals surface area contributed by atoms with E-state index in [4.69, 9.17) is 14.2 Å². The fourth-order valence-electron chi connectivity index (χ4n) is 2.19. The first kappa shape index (κ1) is 23.4. The van der Waals surface area contributed by atoms with E-state index in [1.807, 2.05) is 13.0 Å². The van der Waals surface area contributed by atoms with Crippen LogP contribution < -0.4 is 14.9 Å². The highest BCUT2D eigenvalue weighted by Gasteiger charge is 2.16. The van der Waals surface area contributed by atoms with Crippen LogP contribution in [0.2, 0.25) is 0 Å². The van der Waals surface area contributed by atoms with Gasteiger partial charge in [-0.05, 0) is 51.8 Å². The Bertz CT molecular complexity index is 887. The Morgan fingerprint density at radius 3 is 2.79 bits per heavy atom. The molecule has 0 atom stereocenters. The summed E-state index contributed by atoms with van der Waals surface area (Å²) in [6.07, 6.45) is 3.44. The molecule has 0 aliphatic rings. The summed E-state index contributed by atoms with van der Waals surface area (Å²) in [5.74, 6) is 0.882. The number of hydrogen-bond acceptors (Lipinski definition) is 8. The van der Waals surface area contributed by atoms with Gasteiger partial charge in [0.25, 0.3) is 0 Å². The van der Waals surface area contributed by atoms with Crippen LogP contribution in [0.15, 0.2) is 38.1 Å². The second-order valence-electron chi connectivity index (χ2n) is 5.45. The molecule has 0 aliphatic carbocycles. The summed E-state index contributed by atoms with van der Waals surface area (Å²) in [6.45, 7) is 8.54. The van der Waals surface area contributed by atoms with E-state index in [0.29, 0.717) is 42.1 Å². The van der Waals surface area contributed by atoms with Crippen molar-refractivity contribution in [3.8, 4) is 11.5 Å². The van der Waals surface area contributed by atoms with Crippen molar-refractivity contribution in [2.45, 2.75) is 20.3 Å². The molecule has 29 heavy (non-hydrogen) atoms. The van der Waals surface area contributed by atoms with Crippen LogP contribution in [0, 0.1) is 0 Å². The fourth-order valence-corrected chi connectivity index (χ4v) is 3.79. The van der Waals surface area contributed by atoms with Crippen molar-refractivity contribution in [3.63, 3.8) is 0 Å². The lowest BCUT2D eigenvalue weighted by molar-refractivity contribution is -0.142. The number of carbonyl (C=O) groups is 1. The van der Waals surface area contributed by atoms with Gasteiger partial charge in [-0.15, -0.1) is 11.3 Å². The molecule has 0 bridgehead atoms. The van der Waals surface area contributed by atoms with Crippen LogP contribution in [0.4, 0.5) is 5.13 Å². The molecule has 0 amide bonds. The van der Waals surface area contributed by atoms with Gasteiger partial charge in [-0.1, -0.05) is 12.7 Å². The van der Waals surface area contributed by atoms with E-state index in [9.17, 15) is 4.79 Å². The number of hydrogen-bond donors (Lipinski definition) is 1. The van der Waals surface area contributed by atoms with Crippen LogP contribution in [0.25, 0.3) is 0 Å². The number of aromatic nitrogens is 1. The second-order valence-corrected chi connectivity index (χ2v) is 7.89. The lowest BCUT2D eigenvalue weighted by Crippen LogP contribution is -2.07. The zero-order valence-corrected chi connectivity index (χ0v) is 20.0. The average Bonchev–Trinajstić information content (AvgIpc) is 3.13. The van der Waals surface area contributed by atoms with Gasteiger partial charge < -0.3 is 14.2 Å². The molecule has 1 heterocycles. The number of nitrogens with zero attached hydrogens (tertiary/aromatic N) is 2. The quantitative estimate of drug-likeness (QED) is 0.181. The van der Waals surface area contributed by atoms with Crippen LogP contribution in [-0.4, -0.2) is 37.0 Å². The Morgan fingerprint density at radius 2 is 2.10 bits per heavy atom. The van der Waals surface area contributed by atoms with Crippen LogP contribution in [0.1, 0.15) is 25.1 Å². The Morgan fingerprint density at radius 1 is 1.31 bits per heavy atom. The summed E-state index contributed by atoms with van der Waals surface area (Å²) in [5.41, 5.74) is 4.29. The summed E-state index contributed by atoms with van der Waals surface area (Å²) in [7, 11) is 0. The minimum atomic E-state index is -0.302. The molecule has 0 fully saturated rings. The Hall–Kier alpha value is -1.91. The van der Waals surface area contributed by atoms with E-state index in [0.717, 1.165) is 14.5 Å². The first-order chi connectivity index (χ1) is 14.0. The van der Waals surface area contributed by atoms with Gasteiger partial charge in [0.2, 0.25) is 5.13 Å². The molecule has 156 valence electrons. The van der Waals surface area contributed by atoms with E-state index in [1.165, 1.54) is 11.3 Å². The number of benzene rings is 1. The van der Waals surface area contributed by atoms with Crippen molar-refractivity contribution in [2.24, 2.45) is 5.10 Å². The lowest BCUT2D eigenvalue weighted by atomic mass is 10.2. The minimum absolute atomic E-state index is 0.137. The third kappa shape index (κ3) is 6.83. The summed E-state index contributed by atoms with van der Waals surface area (Å²) < 4.78 is 17.8. The molecule has 0 radical (unpaired) electrons. The maximum absolute atomic E-state index is 11.5. The molecule has 0 unspecified atom stereocenters. The number of ether oxygens (including phenoxy) is 3. The van der Waals surface area contributed by atoms with Crippen molar-refractivity contribution >= 4 is 60.5 Å². The van der Waals surface area contributed by atoms with Gasteiger partial charge >= 0.3 is 5.97 Å². The number of carbonyl (C=O) groups excluding carboxylic acids is 1. The minimum Gasteiger partial charge on any atom is -0.490 e. The standard InChI is InChI=1S/C19H21Br2N3O4S/c1-4-7-28-18-14(26-5-2)8-12(16(20)17(18)21)10-22-24-19-23-13(11-29-19)9-15(25)27-6-3/h4,8,10-11H,1,5-7,9H2,2-3H3,(H,23,24). The number of nitrogens with one attached hydrogen (secondary N) is 1. The SMILES string of the molecule is C=CCOc1c(OCC)cc(C=NNc2nc(CC(=O)OCC)cs2)c(Br)c1Br. The number of thiazole rings is 1. The highest BCUT2D eigenvalue weighted by molar-refractivity contribution is 9.13. The molecule has 0 saturated heterocycles. The summed E-state index contributed by atoms with van der Waals surface area (Å²) in [4.78, 5) is 15.8.